The molecule has 0 spiro atoms. The number of carbonyl (C=O) groups is 1. The second-order valence-corrected chi connectivity index (χ2v) is 7.89. The van der Waals surface area contributed by atoms with Crippen LogP contribution in [-0.4, -0.2) is 43.8 Å². The number of carbonyl (C=O) groups excluding carboxylic acids is 1. The zero-order valence-electron chi connectivity index (χ0n) is 16.0. The zero-order chi connectivity index (χ0) is 19.5. The van der Waals surface area contributed by atoms with E-state index >= 15 is 0 Å². The highest BCUT2D eigenvalue weighted by Crippen LogP contribution is 2.31. The van der Waals surface area contributed by atoms with Crippen LogP contribution in [0.4, 0.5) is 10.8 Å². The molecule has 1 aromatic heterocycles. The molecule has 0 aliphatic carbocycles. The monoisotopic (exact) mass is 397 g/mol. The van der Waals surface area contributed by atoms with E-state index in [4.69, 9.17) is 14.5 Å². The normalized spacial score (nSPS) is 14.3. The number of benzene rings is 2. The van der Waals surface area contributed by atoms with Gasteiger partial charge < -0.3 is 19.7 Å². The molecule has 2 aromatic carbocycles. The van der Waals surface area contributed by atoms with Crippen LogP contribution in [0.15, 0.2) is 36.4 Å². The molecule has 2 heterocycles. The fourth-order valence-corrected chi connectivity index (χ4v) is 4.24. The maximum absolute atomic E-state index is 12.3. The van der Waals surface area contributed by atoms with Crippen molar-refractivity contribution in [1.29, 1.82) is 0 Å². The molecular weight excluding hydrogens is 374 g/mol. The lowest BCUT2D eigenvalue weighted by atomic mass is 10.1. The number of anilines is 2. The molecule has 6 nitrogen and oxygen atoms in total. The van der Waals surface area contributed by atoms with Crippen LogP contribution in [0.5, 0.6) is 5.75 Å². The van der Waals surface area contributed by atoms with Gasteiger partial charge in [-0.3, -0.25) is 4.79 Å². The molecular formula is C21H23N3O3S. The maximum atomic E-state index is 12.3. The molecule has 0 atom stereocenters. The van der Waals surface area contributed by atoms with E-state index in [0.29, 0.717) is 0 Å². The highest BCUT2D eigenvalue weighted by Gasteiger charge is 2.16. The molecule has 7 heteroatoms. The van der Waals surface area contributed by atoms with E-state index in [0.717, 1.165) is 58.7 Å². The van der Waals surface area contributed by atoms with Crippen LogP contribution in [-0.2, 0) is 9.53 Å². The molecule has 28 heavy (non-hydrogen) atoms. The Kier molecular flexibility index (Phi) is 5.45. The minimum absolute atomic E-state index is 0.0242. The lowest BCUT2D eigenvalue weighted by Gasteiger charge is -2.25. The molecule has 1 saturated heterocycles. The Labute approximate surface area is 168 Å². The Morgan fingerprint density at radius 3 is 2.82 bits per heavy atom. The number of fused-ring (bicyclic) bond motifs is 1. The number of hydrogen-bond donors (Lipinski definition) is 1. The first-order valence-corrected chi connectivity index (χ1v) is 10.1. The van der Waals surface area contributed by atoms with Crippen molar-refractivity contribution in [2.24, 2.45) is 0 Å². The number of amides is 1. The van der Waals surface area contributed by atoms with Crippen LogP contribution in [0.1, 0.15) is 11.1 Å². The number of ether oxygens (including phenoxy) is 2. The summed E-state index contributed by atoms with van der Waals surface area (Å²) in [6.45, 7) is 7.17. The van der Waals surface area contributed by atoms with Crippen molar-refractivity contribution in [3.05, 3.63) is 47.5 Å². The molecule has 0 unspecified atom stereocenters. The van der Waals surface area contributed by atoms with Gasteiger partial charge in [-0.25, -0.2) is 4.98 Å². The molecule has 1 amide bonds. The molecule has 1 aliphatic rings. The van der Waals surface area contributed by atoms with Gasteiger partial charge in [0.25, 0.3) is 5.91 Å². The number of morpholine rings is 1. The van der Waals surface area contributed by atoms with Gasteiger partial charge in [-0.1, -0.05) is 29.0 Å². The van der Waals surface area contributed by atoms with Crippen molar-refractivity contribution in [3.8, 4) is 5.75 Å². The van der Waals surface area contributed by atoms with Gasteiger partial charge in [-0.2, -0.15) is 0 Å². The summed E-state index contributed by atoms with van der Waals surface area (Å²) >= 11 is 1.64. The van der Waals surface area contributed by atoms with E-state index in [2.05, 4.69) is 10.2 Å². The second kappa shape index (κ2) is 8.16. The third-order valence-corrected chi connectivity index (χ3v) is 5.71. The average Bonchev–Trinajstić information content (AvgIpc) is 3.11. The van der Waals surface area contributed by atoms with Crippen LogP contribution in [0, 0.1) is 13.8 Å². The van der Waals surface area contributed by atoms with Crippen LogP contribution in [0.2, 0.25) is 0 Å². The number of thiazole rings is 1. The smallest absolute Gasteiger partial charge is 0.262 e. The van der Waals surface area contributed by atoms with E-state index in [1.807, 2.05) is 50.2 Å². The third kappa shape index (κ3) is 4.26. The highest BCUT2D eigenvalue weighted by molar-refractivity contribution is 7.22. The highest BCUT2D eigenvalue weighted by atomic mass is 32.1. The summed E-state index contributed by atoms with van der Waals surface area (Å²) in [5, 5.41) is 3.91. The first-order chi connectivity index (χ1) is 13.6. The van der Waals surface area contributed by atoms with Crippen molar-refractivity contribution in [2.45, 2.75) is 13.8 Å². The summed E-state index contributed by atoms with van der Waals surface area (Å²) in [6, 6.07) is 11.7. The number of aryl methyl sites for hydroxylation is 2. The quantitative estimate of drug-likeness (QED) is 0.710. The lowest BCUT2D eigenvalue weighted by Crippen LogP contribution is -2.36. The van der Waals surface area contributed by atoms with Gasteiger partial charge in [0.15, 0.2) is 11.7 Å². The number of nitrogens with zero attached hydrogens (tertiary/aromatic N) is 2. The SMILES string of the molecule is Cc1ccc(OCC(=O)Nc2ccc3nc(N4CCOCC4)sc3c2)c(C)c1. The number of aromatic nitrogens is 1. The summed E-state index contributed by atoms with van der Waals surface area (Å²) in [5.74, 6) is 0.547. The standard InChI is InChI=1S/C21H23N3O3S/c1-14-3-6-18(15(2)11-14)27-13-20(25)22-16-4-5-17-19(12-16)28-21(23-17)24-7-9-26-10-8-24/h3-6,11-12H,7-10,13H2,1-2H3,(H,22,25). The molecule has 146 valence electrons. The number of hydrogen-bond acceptors (Lipinski definition) is 6. The minimum Gasteiger partial charge on any atom is -0.483 e. The Hall–Kier alpha value is -2.64. The Morgan fingerprint density at radius 2 is 2.04 bits per heavy atom. The van der Waals surface area contributed by atoms with Gasteiger partial charge in [-0.05, 0) is 43.7 Å². The average molecular weight is 398 g/mol. The van der Waals surface area contributed by atoms with E-state index < -0.39 is 0 Å². The topological polar surface area (TPSA) is 63.7 Å². The molecule has 1 aliphatic heterocycles. The van der Waals surface area contributed by atoms with E-state index in [9.17, 15) is 4.79 Å². The fourth-order valence-electron chi connectivity index (χ4n) is 3.18. The van der Waals surface area contributed by atoms with Gasteiger partial charge in [0.2, 0.25) is 0 Å². The van der Waals surface area contributed by atoms with Crippen molar-refractivity contribution in [3.63, 3.8) is 0 Å². The summed E-state index contributed by atoms with van der Waals surface area (Å²) in [6.07, 6.45) is 0. The molecule has 1 N–H and O–H groups in total. The van der Waals surface area contributed by atoms with Crippen molar-refractivity contribution in [1.82, 2.24) is 4.98 Å². The first kappa shape index (κ1) is 18.7. The van der Waals surface area contributed by atoms with Gasteiger partial charge in [0.05, 0.1) is 23.4 Å². The summed E-state index contributed by atoms with van der Waals surface area (Å²) in [4.78, 5) is 19.2. The van der Waals surface area contributed by atoms with Gasteiger partial charge >= 0.3 is 0 Å². The van der Waals surface area contributed by atoms with Gasteiger partial charge in [0.1, 0.15) is 5.75 Å². The minimum atomic E-state index is -0.183. The summed E-state index contributed by atoms with van der Waals surface area (Å²) in [5.41, 5.74) is 3.88. The molecule has 1 fully saturated rings. The van der Waals surface area contributed by atoms with E-state index in [1.165, 1.54) is 5.56 Å². The predicted octanol–water partition coefficient (Wildman–Crippen LogP) is 3.77. The number of rotatable bonds is 5. The van der Waals surface area contributed by atoms with Gasteiger partial charge in [-0.15, -0.1) is 0 Å². The Balaban J connectivity index is 1.40. The summed E-state index contributed by atoms with van der Waals surface area (Å²) < 4.78 is 12.1. The van der Waals surface area contributed by atoms with Crippen molar-refractivity contribution < 1.29 is 14.3 Å². The Bertz CT molecular complexity index is 996. The number of nitrogens with one attached hydrogen (secondary N) is 1. The Morgan fingerprint density at radius 1 is 1.21 bits per heavy atom. The molecule has 4 rings (SSSR count). The summed E-state index contributed by atoms with van der Waals surface area (Å²) in [7, 11) is 0. The van der Waals surface area contributed by atoms with Crippen LogP contribution < -0.4 is 15.0 Å². The lowest BCUT2D eigenvalue weighted by molar-refractivity contribution is -0.118. The zero-order valence-corrected chi connectivity index (χ0v) is 16.8. The van der Waals surface area contributed by atoms with Crippen LogP contribution in [0.25, 0.3) is 10.2 Å². The molecule has 3 aromatic rings. The first-order valence-electron chi connectivity index (χ1n) is 9.32. The third-order valence-electron chi connectivity index (χ3n) is 4.63. The molecule has 0 radical (unpaired) electrons. The van der Waals surface area contributed by atoms with Crippen LogP contribution in [0.3, 0.4) is 0 Å². The van der Waals surface area contributed by atoms with Crippen molar-refractivity contribution >= 4 is 38.3 Å². The molecule has 0 bridgehead atoms. The van der Waals surface area contributed by atoms with E-state index in [-0.39, 0.29) is 12.5 Å². The van der Waals surface area contributed by atoms with Crippen molar-refractivity contribution in [2.75, 3.05) is 43.1 Å². The van der Waals surface area contributed by atoms with Gasteiger partial charge in [0, 0.05) is 18.8 Å². The predicted molar refractivity (Wildman–Crippen MR) is 113 cm³/mol. The maximum Gasteiger partial charge on any atom is 0.262 e. The van der Waals surface area contributed by atoms with Crippen LogP contribution >= 0.6 is 11.3 Å². The fraction of sp³-hybridized carbons (Fsp3) is 0.333. The molecule has 0 saturated carbocycles. The largest absolute Gasteiger partial charge is 0.483 e. The second-order valence-electron chi connectivity index (χ2n) is 6.88. The van der Waals surface area contributed by atoms with E-state index in [1.54, 1.807) is 11.3 Å².